The maximum atomic E-state index is 12.1. The third-order valence-electron chi connectivity index (χ3n) is 6.38. The van der Waals surface area contributed by atoms with Gasteiger partial charge in [-0.3, -0.25) is 4.79 Å². The number of hydrogen-bond donors (Lipinski definition) is 6. The van der Waals surface area contributed by atoms with E-state index in [9.17, 15) is 39.6 Å². The molecular formula is C37H30O9S. The fraction of sp³-hybridized carbons (Fsp3) is 0. The first-order valence-electron chi connectivity index (χ1n) is 14.0. The maximum absolute atomic E-state index is 12.1. The molecule has 0 heterocycles. The van der Waals surface area contributed by atoms with E-state index >= 15 is 0 Å². The van der Waals surface area contributed by atoms with Crippen molar-refractivity contribution in [2.45, 2.75) is 9.79 Å². The third-order valence-corrected chi connectivity index (χ3v) is 7.87. The smallest absolute Gasteiger partial charge is 0.200 e. The van der Waals surface area contributed by atoms with Crippen molar-refractivity contribution in [3.05, 3.63) is 157 Å². The molecule has 47 heavy (non-hydrogen) atoms. The van der Waals surface area contributed by atoms with Crippen molar-refractivity contribution in [1.82, 2.24) is 0 Å². The number of carbonyl (C=O) groups excluding carboxylic acids is 1. The first kappa shape index (κ1) is 33.6. The van der Waals surface area contributed by atoms with E-state index in [1.54, 1.807) is 97.1 Å². The molecule has 0 fully saturated rings. The molecule has 10 heteroatoms. The van der Waals surface area contributed by atoms with Crippen molar-refractivity contribution in [2.24, 2.45) is 0 Å². The fourth-order valence-electron chi connectivity index (χ4n) is 4.03. The highest BCUT2D eigenvalue weighted by Crippen LogP contribution is 2.34. The van der Waals surface area contributed by atoms with Gasteiger partial charge in [0.1, 0.15) is 23.0 Å². The topological polar surface area (TPSA) is 165 Å². The molecule has 9 nitrogen and oxygen atoms in total. The summed E-state index contributed by atoms with van der Waals surface area (Å²) in [5.41, 5.74) is 0.369. The molecule has 0 atom stereocenters. The normalized spacial score (nSPS) is 10.1. The maximum Gasteiger partial charge on any atom is 0.200 e. The van der Waals surface area contributed by atoms with Crippen LogP contribution in [0, 0.1) is 0 Å². The number of ether oxygens (including phenoxy) is 1. The largest absolute Gasteiger partial charge is 0.507 e. The summed E-state index contributed by atoms with van der Waals surface area (Å²) in [6, 6.07) is 38.4. The van der Waals surface area contributed by atoms with Crippen molar-refractivity contribution in [1.29, 1.82) is 0 Å². The van der Waals surface area contributed by atoms with Crippen LogP contribution in [0.5, 0.6) is 46.0 Å². The number of hydrogen-bond acceptors (Lipinski definition) is 9. The van der Waals surface area contributed by atoms with Crippen LogP contribution in [0.25, 0.3) is 0 Å². The molecule has 6 N–H and O–H groups in total. The predicted molar refractivity (Wildman–Crippen MR) is 177 cm³/mol. The summed E-state index contributed by atoms with van der Waals surface area (Å²) < 4.78 is 17.4. The minimum absolute atomic E-state index is 0.0379. The highest BCUT2D eigenvalue weighted by molar-refractivity contribution is 7.85. The van der Waals surface area contributed by atoms with Crippen LogP contribution in [0.15, 0.2) is 155 Å². The Kier molecular flexibility index (Phi) is 11.6. The molecule has 0 amide bonds. The van der Waals surface area contributed by atoms with Crippen LogP contribution in [0.2, 0.25) is 0 Å². The van der Waals surface area contributed by atoms with Gasteiger partial charge in [-0.15, -0.1) is 0 Å². The van der Waals surface area contributed by atoms with E-state index in [1.807, 2.05) is 0 Å². The molecule has 6 aromatic rings. The van der Waals surface area contributed by atoms with Crippen molar-refractivity contribution >= 4 is 16.6 Å². The van der Waals surface area contributed by atoms with E-state index in [-0.39, 0.29) is 45.6 Å². The van der Waals surface area contributed by atoms with Crippen molar-refractivity contribution < 1.29 is 44.4 Å². The molecule has 6 rings (SSSR count). The number of para-hydroxylation sites is 8. The summed E-state index contributed by atoms with van der Waals surface area (Å²) in [7, 11) is -1.57. The van der Waals surface area contributed by atoms with E-state index in [2.05, 4.69) is 0 Å². The average molecular weight is 651 g/mol. The molecule has 0 spiro atoms. The summed E-state index contributed by atoms with van der Waals surface area (Å²) in [5.74, 6) is 0.0791. The van der Waals surface area contributed by atoms with E-state index in [1.165, 1.54) is 48.5 Å². The minimum Gasteiger partial charge on any atom is -0.507 e. The number of aromatic hydroxyl groups is 6. The number of phenols is 6. The van der Waals surface area contributed by atoms with E-state index in [4.69, 9.17) is 4.74 Å². The summed E-state index contributed by atoms with van der Waals surface area (Å²) >= 11 is 0. The van der Waals surface area contributed by atoms with Gasteiger partial charge in [0.05, 0.1) is 31.7 Å². The van der Waals surface area contributed by atoms with Crippen LogP contribution < -0.4 is 4.74 Å². The van der Waals surface area contributed by atoms with Crippen LogP contribution in [0.4, 0.5) is 0 Å². The Morgan fingerprint density at radius 1 is 0.404 bits per heavy atom. The lowest BCUT2D eigenvalue weighted by Gasteiger charge is -2.08. The molecule has 0 aliphatic rings. The molecule has 0 saturated heterocycles. The Morgan fingerprint density at radius 3 is 1.04 bits per heavy atom. The monoisotopic (exact) mass is 650 g/mol. The number of ketones is 1. The average Bonchev–Trinajstić information content (AvgIpc) is 3.08. The number of carbonyl (C=O) groups is 1. The van der Waals surface area contributed by atoms with Gasteiger partial charge in [-0.25, -0.2) is 4.21 Å². The molecule has 0 unspecified atom stereocenters. The van der Waals surface area contributed by atoms with Gasteiger partial charge in [0.25, 0.3) is 0 Å². The first-order valence-corrected chi connectivity index (χ1v) is 15.1. The Balaban J connectivity index is 0.000000160. The second-order valence-electron chi connectivity index (χ2n) is 9.61. The highest BCUT2D eigenvalue weighted by atomic mass is 32.2. The van der Waals surface area contributed by atoms with Gasteiger partial charge in [0.15, 0.2) is 28.8 Å². The van der Waals surface area contributed by atoms with Gasteiger partial charge < -0.3 is 35.4 Å². The Morgan fingerprint density at radius 2 is 0.702 bits per heavy atom. The first-order chi connectivity index (χ1) is 22.7. The summed E-state index contributed by atoms with van der Waals surface area (Å²) in [4.78, 5) is 12.6. The van der Waals surface area contributed by atoms with Crippen molar-refractivity contribution in [3.8, 4) is 46.0 Å². The van der Waals surface area contributed by atoms with Crippen LogP contribution in [-0.2, 0) is 10.8 Å². The Bertz CT molecular complexity index is 1750. The minimum atomic E-state index is -1.57. The zero-order valence-corrected chi connectivity index (χ0v) is 25.5. The molecule has 0 aliphatic carbocycles. The molecule has 0 aliphatic heterocycles. The highest BCUT2D eigenvalue weighted by Gasteiger charge is 2.16. The van der Waals surface area contributed by atoms with E-state index in [0.29, 0.717) is 21.3 Å². The summed E-state index contributed by atoms with van der Waals surface area (Å²) in [6.45, 7) is 0. The second-order valence-corrected chi connectivity index (χ2v) is 11.0. The van der Waals surface area contributed by atoms with E-state index < -0.39 is 16.6 Å². The number of phenolic OH excluding ortho intramolecular Hbond substituents is 6. The molecule has 0 aromatic heterocycles. The summed E-state index contributed by atoms with van der Waals surface area (Å²) in [6.07, 6.45) is 0. The molecule has 6 aromatic carbocycles. The SMILES string of the molecule is O=C(c1ccccc1O)c1ccccc1O.O=S(c1ccccc1O)c1ccccc1O.Oc1ccccc1Oc1ccccc1O. The van der Waals surface area contributed by atoms with Crippen LogP contribution in [0.3, 0.4) is 0 Å². The van der Waals surface area contributed by atoms with Gasteiger partial charge in [-0.05, 0) is 72.8 Å². The van der Waals surface area contributed by atoms with Crippen LogP contribution >= 0.6 is 0 Å². The van der Waals surface area contributed by atoms with Gasteiger partial charge >= 0.3 is 0 Å². The zero-order valence-electron chi connectivity index (χ0n) is 24.7. The predicted octanol–water partition coefficient (Wildman–Crippen LogP) is 7.48. The number of rotatable bonds is 6. The quantitative estimate of drug-likeness (QED) is 0.100. The molecular weight excluding hydrogens is 620 g/mol. The third kappa shape index (κ3) is 8.90. The molecule has 0 saturated carbocycles. The van der Waals surface area contributed by atoms with Gasteiger partial charge in [0, 0.05) is 0 Å². The van der Waals surface area contributed by atoms with Crippen molar-refractivity contribution in [2.75, 3.05) is 0 Å². The van der Waals surface area contributed by atoms with Crippen molar-refractivity contribution in [3.63, 3.8) is 0 Å². The lowest BCUT2D eigenvalue weighted by atomic mass is 10.0. The lowest BCUT2D eigenvalue weighted by Crippen LogP contribution is -2.01. The fourth-order valence-corrected chi connectivity index (χ4v) is 5.19. The van der Waals surface area contributed by atoms with Gasteiger partial charge in [0.2, 0.25) is 0 Å². The lowest BCUT2D eigenvalue weighted by molar-refractivity contribution is 0.103. The zero-order chi connectivity index (χ0) is 33.8. The number of benzene rings is 6. The molecule has 0 radical (unpaired) electrons. The Hall–Kier alpha value is -6.26. The summed E-state index contributed by atoms with van der Waals surface area (Å²) in [5, 5.41) is 57.1. The molecule has 238 valence electrons. The standard InChI is InChI=1S/C13H10O3.C12H10O3S.C12H10O3/c14-11-7-3-1-5-9(11)13(16)10-6-2-4-8-12(10)15;13-9-5-1-3-7-11(9)16(15)12-8-4-2-6-10(12)14;13-9-5-1-3-7-11(9)15-12-8-4-2-6-10(12)14/h1-8,14-15H;1-8,13-14H;1-8,13-14H. The molecule has 0 bridgehead atoms. The second kappa shape index (κ2) is 16.2. The van der Waals surface area contributed by atoms with Crippen LogP contribution in [-0.4, -0.2) is 40.6 Å². The Labute approximate surface area is 273 Å². The van der Waals surface area contributed by atoms with E-state index in [0.717, 1.165) is 0 Å². The van der Waals surface area contributed by atoms with Crippen LogP contribution in [0.1, 0.15) is 15.9 Å². The van der Waals surface area contributed by atoms with Gasteiger partial charge in [-0.1, -0.05) is 72.8 Å². The van der Waals surface area contributed by atoms with Gasteiger partial charge in [-0.2, -0.15) is 0 Å².